The molecule has 0 spiro atoms. The van der Waals surface area contributed by atoms with Gasteiger partial charge in [-0.25, -0.2) is 9.59 Å². The van der Waals surface area contributed by atoms with E-state index in [2.05, 4.69) is 15.7 Å². The number of nitro groups is 1. The molecule has 1 fully saturated rings. The highest BCUT2D eigenvalue weighted by atomic mass is 16.6. The first-order chi connectivity index (χ1) is 18.4. The normalized spacial score (nSPS) is 17.5. The monoisotopic (exact) mass is 543 g/mol. The van der Waals surface area contributed by atoms with Crippen molar-refractivity contribution in [1.82, 2.24) is 24.9 Å². The first-order valence-electron chi connectivity index (χ1n) is 12.6. The van der Waals surface area contributed by atoms with E-state index in [1.807, 2.05) is 19.0 Å². The molecule has 4 rings (SSSR count). The lowest BCUT2D eigenvalue weighted by Crippen LogP contribution is -2.54. The van der Waals surface area contributed by atoms with Gasteiger partial charge >= 0.3 is 12.1 Å². The van der Waals surface area contributed by atoms with Gasteiger partial charge in [0.2, 0.25) is 0 Å². The lowest BCUT2D eigenvalue weighted by Gasteiger charge is -2.37. The smallest absolute Gasteiger partial charge is 0.432 e. The molecule has 1 saturated heterocycles. The minimum atomic E-state index is -1.36. The van der Waals surface area contributed by atoms with Gasteiger partial charge in [-0.05, 0) is 58.8 Å². The minimum absolute atomic E-state index is 0.00778. The Labute approximate surface area is 225 Å². The Morgan fingerprint density at radius 1 is 1.23 bits per heavy atom. The standard InChI is InChI=1S/C25H33N7O7/c1-25(2)20-18(13-30(25)23(34)26-19(14-29(3)4)15-9-11-39-12-10-15)21(28-31(20)24(35)36)27-22(33)16-5-7-17(8-6-16)32(37)38/h5-8,15,19H,9-14H2,1-4H3,(H,26,34)(H,35,36)(H,27,28,33)/t19-/m1/s1. The Hall–Kier alpha value is -4.04. The Morgan fingerprint density at radius 3 is 2.44 bits per heavy atom. The van der Waals surface area contributed by atoms with Gasteiger partial charge in [-0.15, -0.1) is 5.10 Å². The first kappa shape index (κ1) is 28.0. The first-order valence-corrected chi connectivity index (χ1v) is 12.6. The molecule has 1 aromatic heterocycles. The zero-order chi connectivity index (χ0) is 28.5. The van der Waals surface area contributed by atoms with Crippen LogP contribution in [0.25, 0.3) is 0 Å². The summed E-state index contributed by atoms with van der Waals surface area (Å²) < 4.78 is 6.27. The SMILES string of the molecule is CN(C)C[C@@H](NC(=O)N1Cc2c(NC(=O)c3ccc([N+](=O)[O-])cc3)nn(C(=O)O)c2C1(C)C)C1CCOCC1. The number of carbonyl (C=O) groups is 3. The van der Waals surface area contributed by atoms with Crippen molar-refractivity contribution in [3.8, 4) is 0 Å². The maximum atomic E-state index is 13.6. The maximum Gasteiger partial charge on any atom is 0.432 e. The molecule has 0 radical (unpaired) electrons. The van der Waals surface area contributed by atoms with E-state index in [4.69, 9.17) is 4.74 Å². The largest absolute Gasteiger partial charge is 0.463 e. The molecule has 0 unspecified atom stereocenters. The van der Waals surface area contributed by atoms with Crippen LogP contribution in [-0.2, 0) is 16.8 Å². The third-order valence-corrected chi connectivity index (χ3v) is 7.26. The summed E-state index contributed by atoms with van der Waals surface area (Å²) in [5, 5.41) is 30.6. The van der Waals surface area contributed by atoms with Crippen LogP contribution >= 0.6 is 0 Å². The number of hydrogen-bond donors (Lipinski definition) is 3. The van der Waals surface area contributed by atoms with E-state index in [0.29, 0.717) is 25.3 Å². The Morgan fingerprint density at radius 2 is 1.87 bits per heavy atom. The molecule has 2 aliphatic heterocycles. The van der Waals surface area contributed by atoms with Crippen LogP contribution in [0, 0.1) is 16.0 Å². The number of ether oxygens (including phenoxy) is 1. The van der Waals surface area contributed by atoms with E-state index < -0.39 is 22.5 Å². The highest BCUT2D eigenvalue weighted by molar-refractivity contribution is 6.04. The molecule has 2 aliphatic rings. The van der Waals surface area contributed by atoms with Gasteiger partial charge in [-0.2, -0.15) is 4.68 Å². The number of fused-ring (bicyclic) bond motifs is 1. The van der Waals surface area contributed by atoms with E-state index in [-0.39, 0.29) is 47.3 Å². The van der Waals surface area contributed by atoms with Crippen LogP contribution in [-0.4, -0.2) is 87.5 Å². The molecule has 1 aromatic carbocycles. The number of carboxylic acid groups (broad SMARTS) is 1. The number of nitrogens with zero attached hydrogens (tertiary/aromatic N) is 5. The van der Waals surface area contributed by atoms with Crippen LogP contribution in [0.2, 0.25) is 0 Å². The quantitative estimate of drug-likeness (QED) is 0.351. The molecule has 0 aliphatic carbocycles. The number of benzene rings is 1. The van der Waals surface area contributed by atoms with Crippen molar-refractivity contribution in [2.24, 2.45) is 5.92 Å². The molecular formula is C25H33N7O7. The number of non-ortho nitro benzene ring substituents is 1. The predicted molar refractivity (Wildman–Crippen MR) is 140 cm³/mol. The second-order valence-electron chi connectivity index (χ2n) is 10.5. The summed E-state index contributed by atoms with van der Waals surface area (Å²) in [6.45, 7) is 5.40. The van der Waals surface area contributed by atoms with E-state index in [0.717, 1.165) is 17.5 Å². The highest BCUT2D eigenvalue weighted by Gasteiger charge is 2.47. The third kappa shape index (κ3) is 5.71. The van der Waals surface area contributed by atoms with Gasteiger partial charge in [-0.1, -0.05) is 0 Å². The van der Waals surface area contributed by atoms with Crippen molar-refractivity contribution in [2.75, 3.05) is 39.2 Å². The summed E-state index contributed by atoms with van der Waals surface area (Å²) in [5.41, 5.74) is -0.407. The van der Waals surface area contributed by atoms with E-state index in [1.54, 1.807) is 18.7 Å². The fourth-order valence-electron chi connectivity index (χ4n) is 5.25. The molecule has 3 N–H and O–H groups in total. The van der Waals surface area contributed by atoms with Crippen molar-refractivity contribution >= 4 is 29.5 Å². The number of aromatic nitrogens is 2. The van der Waals surface area contributed by atoms with E-state index >= 15 is 0 Å². The summed E-state index contributed by atoms with van der Waals surface area (Å²) >= 11 is 0. The van der Waals surface area contributed by atoms with Gasteiger partial charge in [0.15, 0.2) is 5.82 Å². The second-order valence-corrected chi connectivity index (χ2v) is 10.5. The summed E-state index contributed by atoms with van der Waals surface area (Å²) in [7, 11) is 3.88. The average Bonchev–Trinajstić information content (AvgIpc) is 3.39. The van der Waals surface area contributed by atoms with Gasteiger partial charge < -0.3 is 30.3 Å². The summed E-state index contributed by atoms with van der Waals surface area (Å²) in [6.07, 6.45) is 0.301. The number of nitro benzene ring substituents is 1. The molecule has 14 nitrogen and oxygen atoms in total. The topological polar surface area (TPSA) is 172 Å². The van der Waals surface area contributed by atoms with E-state index in [1.165, 1.54) is 24.3 Å². The lowest BCUT2D eigenvalue weighted by molar-refractivity contribution is -0.384. The molecule has 3 amide bonds. The van der Waals surface area contributed by atoms with Crippen molar-refractivity contribution in [3.63, 3.8) is 0 Å². The molecule has 0 bridgehead atoms. The zero-order valence-corrected chi connectivity index (χ0v) is 22.3. The second kappa shape index (κ2) is 11.0. The summed E-state index contributed by atoms with van der Waals surface area (Å²) in [4.78, 5) is 52.5. The molecule has 2 aromatic rings. The molecule has 1 atom stereocenters. The van der Waals surface area contributed by atoms with Gasteiger partial charge in [0, 0.05) is 49.1 Å². The molecule has 14 heteroatoms. The van der Waals surface area contributed by atoms with Crippen molar-refractivity contribution in [3.05, 3.63) is 51.2 Å². The third-order valence-electron chi connectivity index (χ3n) is 7.26. The summed E-state index contributed by atoms with van der Waals surface area (Å²) in [6, 6.07) is 4.52. The number of nitrogens with one attached hydrogen (secondary N) is 2. The van der Waals surface area contributed by atoms with Crippen LogP contribution in [0.1, 0.15) is 48.3 Å². The van der Waals surface area contributed by atoms with Gasteiger partial charge in [-0.3, -0.25) is 14.9 Å². The highest BCUT2D eigenvalue weighted by Crippen LogP contribution is 2.42. The Kier molecular flexibility index (Phi) is 7.88. The van der Waals surface area contributed by atoms with Crippen LogP contribution in [0.5, 0.6) is 0 Å². The fourth-order valence-corrected chi connectivity index (χ4v) is 5.25. The molecule has 0 saturated carbocycles. The van der Waals surface area contributed by atoms with Crippen LogP contribution in [0.4, 0.5) is 21.1 Å². The van der Waals surface area contributed by atoms with Crippen LogP contribution in [0.3, 0.4) is 0 Å². The average molecular weight is 544 g/mol. The van der Waals surface area contributed by atoms with Gasteiger partial charge in [0.1, 0.15) is 0 Å². The molecule has 210 valence electrons. The number of hydrogen-bond acceptors (Lipinski definition) is 8. The van der Waals surface area contributed by atoms with Crippen molar-refractivity contribution in [1.29, 1.82) is 0 Å². The van der Waals surface area contributed by atoms with Crippen LogP contribution in [0.15, 0.2) is 24.3 Å². The van der Waals surface area contributed by atoms with Gasteiger partial charge in [0.25, 0.3) is 11.6 Å². The van der Waals surface area contributed by atoms with Crippen molar-refractivity contribution < 1.29 is 29.2 Å². The number of rotatable bonds is 7. The number of carbonyl (C=O) groups excluding carboxylic acids is 2. The summed E-state index contributed by atoms with van der Waals surface area (Å²) in [5.74, 6) is -0.369. The maximum absolute atomic E-state index is 13.6. The molecule has 39 heavy (non-hydrogen) atoms. The zero-order valence-electron chi connectivity index (χ0n) is 22.3. The van der Waals surface area contributed by atoms with Gasteiger partial charge in [0.05, 0.1) is 22.7 Å². The fraction of sp³-hybridized carbons (Fsp3) is 0.520. The number of urea groups is 1. The predicted octanol–water partition coefficient (Wildman–Crippen LogP) is 2.69. The Balaban J connectivity index is 1.59. The molecule has 3 heterocycles. The minimum Gasteiger partial charge on any atom is -0.463 e. The van der Waals surface area contributed by atoms with Crippen molar-refractivity contribution in [2.45, 2.75) is 44.8 Å². The Bertz CT molecular complexity index is 1270. The van der Waals surface area contributed by atoms with E-state index in [9.17, 15) is 29.6 Å². The number of likely N-dealkylation sites (N-methyl/N-ethyl adjacent to an activating group) is 1. The molecular weight excluding hydrogens is 510 g/mol. The number of amides is 3. The van der Waals surface area contributed by atoms with Crippen LogP contribution < -0.4 is 10.6 Å². The number of anilines is 1. The lowest BCUT2D eigenvalue weighted by atomic mass is 9.91.